The highest BCUT2D eigenvalue weighted by Gasteiger charge is 2.31. The largest absolute Gasteiger partial charge is 0.323 e. The Morgan fingerprint density at radius 3 is 2.43 bits per heavy atom. The number of fused-ring (bicyclic) bond motifs is 1. The van der Waals surface area contributed by atoms with Crippen LogP contribution in [0.25, 0.3) is 0 Å². The standard InChI is InChI=1S/C23H29N3O2/c1-16(25(5)14-17-10-12-18(13-11-17)23(2,3)4)22(28)26-15-21(27)24-19-8-6-7-9-20(19)26/h6-13,16H,14-15H2,1-5H3,(H,24,27)/t16-/m1/s1. The Balaban J connectivity index is 1.72. The maximum absolute atomic E-state index is 13.1. The van der Waals surface area contributed by atoms with Crippen molar-refractivity contribution in [1.82, 2.24) is 4.90 Å². The van der Waals surface area contributed by atoms with Crippen LogP contribution in [0.5, 0.6) is 0 Å². The number of nitrogens with zero attached hydrogens (tertiary/aromatic N) is 2. The topological polar surface area (TPSA) is 52.7 Å². The number of benzene rings is 2. The van der Waals surface area contributed by atoms with Gasteiger partial charge in [-0.15, -0.1) is 0 Å². The summed E-state index contributed by atoms with van der Waals surface area (Å²) in [7, 11) is 1.94. The first-order valence-corrected chi connectivity index (χ1v) is 9.67. The Morgan fingerprint density at radius 1 is 1.14 bits per heavy atom. The summed E-state index contributed by atoms with van der Waals surface area (Å²) in [6.07, 6.45) is 0. The molecular formula is C23H29N3O2. The van der Waals surface area contributed by atoms with E-state index in [1.165, 1.54) is 5.56 Å². The van der Waals surface area contributed by atoms with Crippen molar-refractivity contribution in [3.05, 3.63) is 59.7 Å². The van der Waals surface area contributed by atoms with Crippen LogP contribution >= 0.6 is 0 Å². The maximum atomic E-state index is 13.1. The minimum atomic E-state index is -0.346. The molecule has 1 aliphatic heterocycles. The minimum Gasteiger partial charge on any atom is -0.323 e. The summed E-state index contributed by atoms with van der Waals surface area (Å²) in [6.45, 7) is 9.19. The Morgan fingerprint density at radius 2 is 1.79 bits per heavy atom. The van der Waals surface area contributed by atoms with Crippen LogP contribution in [0.1, 0.15) is 38.8 Å². The number of nitrogens with one attached hydrogen (secondary N) is 1. The molecule has 5 heteroatoms. The molecule has 0 radical (unpaired) electrons. The summed E-state index contributed by atoms with van der Waals surface area (Å²) in [5, 5.41) is 2.82. The number of carbonyl (C=O) groups excluding carboxylic acids is 2. The number of hydrogen-bond donors (Lipinski definition) is 1. The van der Waals surface area contributed by atoms with Crippen molar-refractivity contribution < 1.29 is 9.59 Å². The third-order valence-electron chi connectivity index (χ3n) is 5.31. The molecule has 0 aromatic heterocycles. The molecule has 3 rings (SSSR count). The molecule has 28 heavy (non-hydrogen) atoms. The smallest absolute Gasteiger partial charge is 0.244 e. The lowest BCUT2D eigenvalue weighted by Crippen LogP contribution is -2.50. The van der Waals surface area contributed by atoms with E-state index in [4.69, 9.17) is 0 Å². The third-order valence-corrected chi connectivity index (χ3v) is 5.31. The fourth-order valence-electron chi connectivity index (χ4n) is 3.38. The molecule has 1 atom stereocenters. The molecule has 2 aromatic carbocycles. The molecule has 0 spiro atoms. The molecule has 0 saturated carbocycles. The average Bonchev–Trinajstić information content (AvgIpc) is 2.65. The first kappa shape index (κ1) is 20.1. The van der Waals surface area contributed by atoms with E-state index in [-0.39, 0.29) is 29.8 Å². The second-order valence-corrected chi connectivity index (χ2v) is 8.53. The van der Waals surface area contributed by atoms with Gasteiger partial charge in [-0.05, 0) is 42.6 Å². The highest BCUT2D eigenvalue weighted by Crippen LogP contribution is 2.30. The first-order valence-electron chi connectivity index (χ1n) is 9.67. The first-order chi connectivity index (χ1) is 13.2. The predicted octanol–water partition coefficient (Wildman–Crippen LogP) is 3.79. The highest BCUT2D eigenvalue weighted by molar-refractivity contribution is 6.11. The van der Waals surface area contributed by atoms with Gasteiger partial charge in [-0.25, -0.2) is 0 Å². The van der Waals surface area contributed by atoms with Crippen LogP contribution in [-0.2, 0) is 21.5 Å². The molecule has 0 aliphatic carbocycles. The van der Waals surface area contributed by atoms with Crippen molar-refractivity contribution in [3.8, 4) is 0 Å². The van der Waals surface area contributed by atoms with Gasteiger partial charge in [0.15, 0.2) is 0 Å². The Bertz CT molecular complexity index is 868. The number of para-hydroxylation sites is 2. The Hall–Kier alpha value is -2.66. The monoisotopic (exact) mass is 379 g/mol. The van der Waals surface area contributed by atoms with Crippen molar-refractivity contribution in [3.63, 3.8) is 0 Å². The van der Waals surface area contributed by atoms with E-state index < -0.39 is 0 Å². The molecule has 1 aliphatic rings. The molecular weight excluding hydrogens is 350 g/mol. The quantitative estimate of drug-likeness (QED) is 0.879. The van der Waals surface area contributed by atoms with Crippen LogP contribution in [0.15, 0.2) is 48.5 Å². The Labute approximate surface area is 167 Å². The van der Waals surface area contributed by atoms with Gasteiger partial charge in [0.2, 0.25) is 11.8 Å². The number of rotatable bonds is 4. The van der Waals surface area contributed by atoms with Crippen molar-refractivity contribution >= 4 is 23.2 Å². The zero-order valence-corrected chi connectivity index (χ0v) is 17.3. The zero-order valence-electron chi connectivity index (χ0n) is 17.3. The SMILES string of the molecule is C[C@H](C(=O)N1CC(=O)Nc2ccccc21)N(C)Cc1ccc(C(C)(C)C)cc1. The minimum absolute atomic E-state index is 0.0499. The molecule has 0 bridgehead atoms. The van der Waals surface area contributed by atoms with Crippen molar-refractivity contribution in [2.45, 2.75) is 45.7 Å². The van der Waals surface area contributed by atoms with E-state index in [9.17, 15) is 9.59 Å². The van der Waals surface area contributed by atoms with Gasteiger partial charge in [0.25, 0.3) is 0 Å². The van der Waals surface area contributed by atoms with Crippen LogP contribution < -0.4 is 10.2 Å². The zero-order chi connectivity index (χ0) is 20.5. The molecule has 148 valence electrons. The second-order valence-electron chi connectivity index (χ2n) is 8.53. The van der Waals surface area contributed by atoms with E-state index in [2.05, 4.69) is 50.4 Å². The second kappa shape index (κ2) is 7.76. The fraction of sp³-hybridized carbons (Fsp3) is 0.391. The molecule has 5 nitrogen and oxygen atoms in total. The van der Waals surface area contributed by atoms with Crippen LogP contribution in [0, 0.1) is 0 Å². The molecule has 2 amide bonds. The summed E-state index contributed by atoms with van der Waals surface area (Å²) in [4.78, 5) is 28.7. The molecule has 0 unspecified atom stereocenters. The lowest BCUT2D eigenvalue weighted by Gasteiger charge is -2.33. The van der Waals surface area contributed by atoms with Gasteiger partial charge >= 0.3 is 0 Å². The van der Waals surface area contributed by atoms with Gasteiger partial charge in [-0.1, -0.05) is 57.2 Å². The highest BCUT2D eigenvalue weighted by atomic mass is 16.2. The predicted molar refractivity (Wildman–Crippen MR) is 113 cm³/mol. The van der Waals surface area contributed by atoms with Crippen LogP contribution in [0.3, 0.4) is 0 Å². The summed E-state index contributed by atoms with van der Waals surface area (Å²) < 4.78 is 0. The molecule has 0 fully saturated rings. The lowest BCUT2D eigenvalue weighted by molar-refractivity contribution is -0.125. The average molecular weight is 380 g/mol. The number of amides is 2. The summed E-state index contributed by atoms with van der Waals surface area (Å²) in [5.74, 6) is -0.240. The molecule has 2 aromatic rings. The van der Waals surface area contributed by atoms with E-state index >= 15 is 0 Å². The molecule has 1 heterocycles. The maximum Gasteiger partial charge on any atom is 0.244 e. The summed E-state index contributed by atoms with van der Waals surface area (Å²) in [6, 6.07) is 15.6. The summed E-state index contributed by atoms with van der Waals surface area (Å²) >= 11 is 0. The number of carbonyl (C=O) groups is 2. The number of likely N-dealkylation sites (N-methyl/N-ethyl adjacent to an activating group) is 1. The van der Waals surface area contributed by atoms with Crippen LogP contribution in [0.4, 0.5) is 11.4 Å². The van der Waals surface area contributed by atoms with Gasteiger partial charge in [-0.2, -0.15) is 0 Å². The van der Waals surface area contributed by atoms with Gasteiger partial charge in [0, 0.05) is 6.54 Å². The van der Waals surface area contributed by atoms with Crippen molar-refractivity contribution in [2.75, 3.05) is 23.8 Å². The number of hydrogen-bond acceptors (Lipinski definition) is 3. The molecule has 0 saturated heterocycles. The van der Waals surface area contributed by atoms with E-state index in [0.29, 0.717) is 12.2 Å². The number of anilines is 2. The van der Waals surface area contributed by atoms with Crippen molar-refractivity contribution in [1.29, 1.82) is 0 Å². The summed E-state index contributed by atoms with van der Waals surface area (Å²) in [5.41, 5.74) is 4.00. The van der Waals surface area contributed by atoms with Gasteiger partial charge < -0.3 is 5.32 Å². The van der Waals surface area contributed by atoms with Gasteiger partial charge in [0.1, 0.15) is 6.54 Å². The van der Waals surface area contributed by atoms with Gasteiger partial charge in [0.05, 0.1) is 17.4 Å². The third kappa shape index (κ3) is 4.25. The van der Waals surface area contributed by atoms with E-state index in [0.717, 1.165) is 11.3 Å². The Kier molecular flexibility index (Phi) is 5.57. The molecule has 1 N–H and O–H groups in total. The normalized spacial score (nSPS) is 15.2. The lowest BCUT2D eigenvalue weighted by atomic mass is 9.87. The van der Waals surface area contributed by atoms with Crippen LogP contribution in [-0.4, -0.2) is 36.3 Å². The van der Waals surface area contributed by atoms with Crippen molar-refractivity contribution in [2.24, 2.45) is 0 Å². The van der Waals surface area contributed by atoms with E-state index in [1.54, 1.807) is 4.90 Å². The fourth-order valence-corrected chi connectivity index (χ4v) is 3.38. The van der Waals surface area contributed by atoms with Gasteiger partial charge in [-0.3, -0.25) is 19.4 Å². The van der Waals surface area contributed by atoms with Crippen LogP contribution in [0.2, 0.25) is 0 Å². The van der Waals surface area contributed by atoms with E-state index in [1.807, 2.05) is 43.1 Å².